The highest BCUT2D eigenvalue weighted by Crippen LogP contribution is 2.05. The molecule has 15 heavy (non-hydrogen) atoms. The van der Waals surface area contributed by atoms with Gasteiger partial charge in [0.15, 0.2) is 0 Å². The molecule has 0 saturated heterocycles. The van der Waals surface area contributed by atoms with Gasteiger partial charge in [-0.25, -0.2) is 0 Å². The number of rotatable bonds is 5. The molecule has 5 heteroatoms. The quantitative estimate of drug-likeness (QED) is 0.803. The first-order valence-electron chi connectivity index (χ1n) is 5.03. The van der Waals surface area contributed by atoms with Gasteiger partial charge in [-0.05, 0) is 19.6 Å². The topological polar surface area (TPSA) is 57.8 Å². The molecule has 0 aliphatic rings. The summed E-state index contributed by atoms with van der Waals surface area (Å²) in [6.07, 6.45) is 1.56. The monoisotopic (exact) mass is 227 g/mol. The van der Waals surface area contributed by atoms with Crippen LogP contribution in [-0.4, -0.2) is 33.7 Å². The molecule has 0 saturated carbocycles. The Balaban J connectivity index is 2.46. The van der Waals surface area contributed by atoms with Gasteiger partial charge in [0.1, 0.15) is 0 Å². The first-order chi connectivity index (χ1) is 7.15. The number of hydrogen-bond acceptors (Lipinski definition) is 3. The SMILES string of the molecule is CCSCC(C)NC(=O)c1cn[nH]c1C. The Morgan fingerprint density at radius 2 is 2.47 bits per heavy atom. The lowest BCUT2D eigenvalue weighted by Gasteiger charge is -2.12. The number of amides is 1. The molecule has 0 radical (unpaired) electrons. The van der Waals surface area contributed by atoms with E-state index in [1.165, 1.54) is 0 Å². The number of thioether (sulfide) groups is 1. The van der Waals surface area contributed by atoms with Crippen LogP contribution in [0.25, 0.3) is 0 Å². The van der Waals surface area contributed by atoms with Crippen molar-refractivity contribution in [1.82, 2.24) is 15.5 Å². The number of H-pyrrole nitrogens is 1. The van der Waals surface area contributed by atoms with Crippen molar-refractivity contribution in [1.29, 1.82) is 0 Å². The second-order valence-corrected chi connectivity index (χ2v) is 4.76. The summed E-state index contributed by atoms with van der Waals surface area (Å²) < 4.78 is 0. The maximum Gasteiger partial charge on any atom is 0.254 e. The van der Waals surface area contributed by atoms with E-state index in [-0.39, 0.29) is 11.9 Å². The van der Waals surface area contributed by atoms with E-state index < -0.39 is 0 Å². The highest BCUT2D eigenvalue weighted by molar-refractivity contribution is 7.99. The molecule has 2 N–H and O–H groups in total. The molecule has 0 bridgehead atoms. The summed E-state index contributed by atoms with van der Waals surface area (Å²) in [5, 5.41) is 9.51. The fourth-order valence-corrected chi connectivity index (χ4v) is 1.89. The van der Waals surface area contributed by atoms with Gasteiger partial charge < -0.3 is 5.32 Å². The third-order valence-electron chi connectivity index (χ3n) is 2.02. The predicted molar refractivity (Wildman–Crippen MR) is 63.3 cm³/mol. The van der Waals surface area contributed by atoms with Crippen LogP contribution in [0.4, 0.5) is 0 Å². The van der Waals surface area contributed by atoms with Gasteiger partial charge in [0.2, 0.25) is 0 Å². The van der Waals surface area contributed by atoms with Crippen LogP contribution in [0, 0.1) is 6.92 Å². The Morgan fingerprint density at radius 1 is 1.73 bits per heavy atom. The van der Waals surface area contributed by atoms with Crippen LogP contribution in [0.5, 0.6) is 0 Å². The molecule has 1 heterocycles. The smallest absolute Gasteiger partial charge is 0.254 e. The van der Waals surface area contributed by atoms with Gasteiger partial charge in [-0.3, -0.25) is 9.89 Å². The first-order valence-corrected chi connectivity index (χ1v) is 6.19. The van der Waals surface area contributed by atoms with E-state index in [1.54, 1.807) is 6.20 Å². The van der Waals surface area contributed by atoms with Crippen LogP contribution < -0.4 is 5.32 Å². The largest absolute Gasteiger partial charge is 0.349 e. The van der Waals surface area contributed by atoms with Crippen LogP contribution in [-0.2, 0) is 0 Å². The van der Waals surface area contributed by atoms with Crippen molar-refractivity contribution >= 4 is 17.7 Å². The van der Waals surface area contributed by atoms with E-state index in [0.29, 0.717) is 5.56 Å². The van der Waals surface area contributed by atoms with Crippen LogP contribution in [0.3, 0.4) is 0 Å². The molecule has 1 amide bonds. The molecule has 0 aliphatic heterocycles. The number of aromatic amines is 1. The van der Waals surface area contributed by atoms with Crippen LogP contribution in [0.2, 0.25) is 0 Å². The van der Waals surface area contributed by atoms with Gasteiger partial charge in [-0.2, -0.15) is 16.9 Å². The minimum atomic E-state index is -0.0505. The molecule has 0 aliphatic carbocycles. The zero-order valence-corrected chi connectivity index (χ0v) is 10.1. The molecule has 1 aromatic rings. The molecule has 4 nitrogen and oxygen atoms in total. The summed E-state index contributed by atoms with van der Waals surface area (Å²) in [6, 6.07) is 0.191. The summed E-state index contributed by atoms with van der Waals surface area (Å²) in [5.41, 5.74) is 1.44. The Kier molecular flexibility index (Phi) is 4.68. The van der Waals surface area contributed by atoms with E-state index in [9.17, 15) is 4.79 Å². The van der Waals surface area contributed by atoms with E-state index in [2.05, 4.69) is 22.4 Å². The van der Waals surface area contributed by atoms with Crippen molar-refractivity contribution in [3.05, 3.63) is 17.5 Å². The van der Waals surface area contributed by atoms with Gasteiger partial charge in [0.25, 0.3) is 5.91 Å². The minimum absolute atomic E-state index is 0.0505. The number of aromatic nitrogens is 2. The van der Waals surface area contributed by atoms with Gasteiger partial charge >= 0.3 is 0 Å². The zero-order chi connectivity index (χ0) is 11.3. The lowest BCUT2D eigenvalue weighted by Crippen LogP contribution is -2.34. The molecular formula is C10H17N3OS. The molecule has 1 unspecified atom stereocenters. The lowest BCUT2D eigenvalue weighted by atomic mass is 10.2. The van der Waals surface area contributed by atoms with Gasteiger partial charge in [0, 0.05) is 17.5 Å². The number of nitrogens with one attached hydrogen (secondary N) is 2. The van der Waals surface area contributed by atoms with E-state index >= 15 is 0 Å². The second kappa shape index (κ2) is 5.80. The number of aryl methyl sites for hydroxylation is 1. The van der Waals surface area contributed by atoms with Crippen molar-refractivity contribution < 1.29 is 4.79 Å². The van der Waals surface area contributed by atoms with Crippen molar-refractivity contribution in [2.45, 2.75) is 26.8 Å². The minimum Gasteiger partial charge on any atom is -0.349 e. The summed E-state index contributed by atoms with van der Waals surface area (Å²) in [4.78, 5) is 11.7. The van der Waals surface area contributed by atoms with Crippen molar-refractivity contribution in [3.8, 4) is 0 Å². The molecule has 1 aromatic heterocycles. The van der Waals surface area contributed by atoms with E-state index in [1.807, 2.05) is 25.6 Å². The molecule has 0 fully saturated rings. The molecule has 0 spiro atoms. The lowest BCUT2D eigenvalue weighted by molar-refractivity contribution is 0.0943. The number of carbonyl (C=O) groups excluding carboxylic acids is 1. The first kappa shape index (κ1) is 12.1. The Hall–Kier alpha value is -0.970. The summed E-state index contributed by atoms with van der Waals surface area (Å²) in [7, 11) is 0. The standard InChI is InChI=1S/C10H17N3OS/c1-4-15-6-7(2)12-10(14)9-5-11-13-8(9)3/h5,7H,4,6H2,1-3H3,(H,11,13)(H,12,14). The summed E-state index contributed by atoms with van der Waals surface area (Å²) >= 11 is 1.82. The molecule has 84 valence electrons. The molecule has 1 atom stereocenters. The normalized spacial score (nSPS) is 12.5. The molecule has 1 rings (SSSR count). The maximum absolute atomic E-state index is 11.7. The second-order valence-electron chi connectivity index (χ2n) is 3.44. The number of nitrogens with zero attached hydrogens (tertiary/aromatic N) is 1. The third-order valence-corrected chi connectivity index (χ3v) is 3.17. The van der Waals surface area contributed by atoms with Gasteiger partial charge in [-0.1, -0.05) is 6.92 Å². The van der Waals surface area contributed by atoms with Crippen molar-refractivity contribution in [2.24, 2.45) is 0 Å². The van der Waals surface area contributed by atoms with Crippen molar-refractivity contribution in [3.63, 3.8) is 0 Å². The highest BCUT2D eigenvalue weighted by atomic mass is 32.2. The Morgan fingerprint density at radius 3 is 3.00 bits per heavy atom. The Labute approximate surface area is 94.2 Å². The average Bonchev–Trinajstić information content (AvgIpc) is 2.61. The molecular weight excluding hydrogens is 210 g/mol. The van der Waals surface area contributed by atoms with Crippen LogP contribution in [0.15, 0.2) is 6.20 Å². The highest BCUT2D eigenvalue weighted by Gasteiger charge is 2.12. The van der Waals surface area contributed by atoms with Crippen LogP contribution in [0.1, 0.15) is 29.9 Å². The fraction of sp³-hybridized carbons (Fsp3) is 0.600. The maximum atomic E-state index is 11.7. The summed E-state index contributed by atoms with van der Waals surface area (Å²) in [6.45, 7) is 5.96. The fourth-order valence-electron chi connectivity index (χ4n) is 1.22. The third kappa shape index (κ3) is 3.58. The van der Waals surface area contributed by atoms with Gasteiger partial charge in [-0.15, -0.1) is 0 Å². The van der Waals surface area contributed by atoms with E-state index in [0.717, 1.165) is 17.2 Å². The van der Waals surface area contributed by atoms with E-state index in [4.69, 9.17) is 0 Å². The molecule has 0 aromatic carbocycles. The van der Waals surface area contributed by atoms with Crippen LogP contribution >= 0.6 is 11.8 Å². The van der Waals surface area contributed by atoms with Gasteiger partial charge in [0.05, 0.1) is 11.8 Å². The van der Waals surface area contributed by atoms with Crippen molar-refractivity contribution in [2.75, 3.05) is 11.5 Å². The number of hydrogen-bond donors (Lipinski definition) is 2. The zero-order valence-electron chi connectivity index (χ0n) is 9.33. The average molecular weight is 227 g/mol. The predicted octanol–water partition coefficient (Wildman–Crippen LogP) is 1.59. The Bertz CT molecular complexity index is 324. The number of carbonyl (C=O) groups is 1. The summed E-state index contributed by atoms with van der Waals surface area (Å²) in [5.74, 6) is 1.97.